The van der Waals surface area contributed by atoms with Crippen molar-refractivity contribution in [3.63, 3.8) is 0 Å². The van der Waals surface area contributed by atoms with Crippen LogP contribution in [0.5, 0.6) is 0 Å². The molecule has 1 aliphatic heterocycles. The molecule has 1 saturated heterocycles. The maximum Gasteiger partial charge on any atom is 0.260 e. The molecule has 0 spiro atoms. The number of hydrogen-bond donors (Lipinski definition) is 3. The van der Waals surface area contributed by atoms with Crippen LogP contribution in [-0.4, -0.2) is 42.9 Å². The summed E-state index contributed by atoms with van der Waals surface area (Å²) in [6, 6.07) is 0. The summed E-state index contributed by atoms with van der Waals surface area (Å²) in [5.74, 6) is -1.60. The van der Waals surface area contributed by atoms with Gasteiger partial charge in [-0.2, -0.15) is 0 Å². The van der Waals surface area contributed by atoms with Crippen LogP contribution in [0.4, 0.5) is 8.78 Å². The van der Waals surface area contributed by atoms with Crippen LogP contribution >= 0.6 is 12.0 Å². The van der Waals surface area contributed by atoms with E-state index < -0.39 is 5.92 Å². The van der Waals surface area contributed by atoms with Crippen molar-refractivity contribution in [3.8, 4) is 0 Å². The first-order chi connectivity index (χ1) is 7.12. The molecule has 0 radical (unpaired) electrons. The van der Waals surface area contributed by atoms with Crippen molar-refractivity contribution in [1.29, 1.82) is 0 Å². The summed E-state index contributed by atoms with van der Waals surface area (Å²) < 4.78 is 32.5. The van der Waals surface area contributed by atoms with E-state index in [9.17, 15) is 8.78 Å². The minimum atomic E-state index is -2.43. The van der Waals surface area contributed by atoms with Gasteiger partial charge in [-0.15, -0.1) is 0 Å². The van der Waals surface area contributed by atoms with Crippen LogP contribution in [0.1, 0.15) is 19.3 Å². The van der Waals surface area contributed by atoms with Gasteiger partial charge in [0.2, 0.25) is 0 Å². The van der Waals surface area contributed by atoms with Crippen LogP contribution in [0.25, 0.3) is 0 Å². The lowest BCUT2D eigenvalue weighted by Gasteiger charge is -2.21. The average Bonchev–Trinajstić information content (AvgIpc) is 2.19. The van der Waals surface area contributed by atoms with E-state index in [2.05, 4.69) is 10.6 Å². The number of halogens is 2. The Labute approximate surface area is 94.2 Å². The molecule has 92 valence electrons. The highest BCUT2D eigenvalue weighted by Crippen LogP contribution is 2.21. The molecule has 3 N–H and O–H groups in total. The summed E-state index contributed by atoms with van der Waals surface area (Å²) >= 11 is 0.902. The van der Waals surface area contributed by atoms with Gasteiger partial charge >= 0.3 is 0 Å². The lowest BCUT2D eigenvalue weighted by atomic mass is 10.1. The summed E-state index contributed by atoms with van der Waals surface area (Å²) in [5.41, 5.74) is 0. The predicted molar refractivity (Wildman–Crippen MR) is 60.7 cm³/mol. The Kier molecular flexibility index (Phi) is 9.38. The minimum Gasteiger partial charge on any atom is -0.330 e. The van der Waals surface area contributed by atoms with Gasteiger partial charge in [-0.05, 0) is 45.0 Å². The molecule has 0 atom stereocenters. The first-order valence-corrected chi connectivity index (χ1v) is 6.06. The van der Waals surface area contributed by atoms with Gasteiger partial charge in [-0.3, -0.25) is 0 Å². The fraction of sp³-hybridized carbons (Fsp3) is 1.00. The first kappa shape index (κ1) is 15.1. The van der Waals surface area contributed by atoms with Gasteiger partial charge in [0.15, 0.2) is 0 Å². The van der Waals surface area contributed by atoms with Crippen molar-refractivity contribution in [2.24, 2.45) is 0 Å². The Morgan fingerprint density at radius 1 is 1.53 bits per heavy atom. The molecule has 0 amide bonds. The summed E-state index contributed by atoms with van der Waals surface area (Å²) in [7, 11) is 1.90. The Balaban J connectivity index is 0.000000265. The van der Waals surface area contributed by atoms with Crippen LogP contribution in [-0.2, 0) is 0 Å². The summed E-state index contributed by atoms with van der Waals surface area (Å²) in [6.45, 7) is 1.61. The van der Waals surface area contributed by atoms with Crippen LogP contribution in [0.15, 0.2) is 0 Å². The number of rotatable bonds is 4. The maximum absolute atomic E-state index is 12.1. The molecule has 0 aromatic rings. The second-order valence-electron chi connectivity index (χ2n) is 3.43. The number of hydrogen-bond acceptors (Lipinski definition) is 4. The van der Waals surface area contributed by atoms with Crippen molar-refractivity contribution in [3.05, 3.63) is 0 Å². The van der Waals surface area contributed by atoms with E-state index in [0.29, 0.717) is 6.42 Å². The van der Waals surface area contributed by atoms with Gasteiger partial charge in [-0.1, -0.05) is 0 Å². The average molecular weight is 242 g/mol. The number of nitrogens with one attached hydrogen (secondary N) is 2. The zero-order valence-corrected chi connectivity index (χ0v) is 9.88. The van der Waals surface area contributed by atoms with Crippen LogP contribution in [0.3, 0.4) is 0 Å². The largest absolute Gasteiger partial charge is 0.330 e. The molecule has 0 aromatic carbocycles. The van der Waals surface area contributed by atoms with Gasteiger partial charge in [0.25, 0.3) is 5.92 Å². The monoisotopic (exact) mass is 242 g/mol. The number of alkyl halides is 2. The molecule has 0 aromatic heterocycles. The molecule has 0 unspecified atom stereocenters. The van der Waals surface area contributed by atoms with E-state index in [1.807, 2.05) is 7.05 Å². The van der Waals surface area contributed by atoms with Crippen molar-refractivity contribution in [2.45, 2.75) is 25.2 Å². The minimum absolute atomic E-state index is 0.0556. The summed E-state index contributed by atoms with van der Waals surface area (Å²) in [4.78, 5) is 0. The molecule has 1 rings (SSSR count). The van der Waals surface area contributed by atoms with Gasteiger partial charge in [-0.25, -0.2) is 8.78 Å². The topological polar surface area (TPSA) is 44.3 Å². The van der Waals surface area contributed by atoms with Gasteiger partial charge in [0.05, 0.1) is 6.54 Å². The Morgan fingerprint density at radius 2 is 2.27 bits per heavy atom. The van der Waals surface area contributed by atoms with E-state index in [1.54, 1.807) is 0 Å². The van der Waals surface area contributed by atoms with E-state index >= 15 is 0 Å². The highest BCUT2D eigenvalue weighted by molar-refractivity contribution is 7.93. The summed E-state index contributed by atoms with van der Waals surface area (Å²) in [6.07, 6.45) is 1.70. The van der Waals surface area contributed by atoms with Gasteiger partial charge < -0.3 is 15.2 Å². The molecule has 3 nitrogen and oxygen atoms in total. The van der Waals surface area contributed by atoms with Crippen molar-refractivity contribution < 1.29 is 13.3 Å². The fourth-order valence-corrected chi connectivity index (χ4v) is 1.42. The smallest absolute Gasteiger partial charge is 0.260 e. The third kappa shape index (κ3) is 10.4. The molecule has 1 aliphatic rings. The van der Waals surface area contributed by atoms with Gasteiger partial charge in [0.1, 0.15) is 0 Å². The van der Waals surface area contributed by atoms with Crippen molar-refractivity contribution in [1.82, 2.24) is 10.6 Å². The molecule has 1 fully saturated rings. The number of piperidine rings is 1. The Hall–Kier alpha value is 0.0900. The predicted octanol–water partition coefficient (Wildman–Crippen LogP) is 1.81. The molecule has 6 heteroatoms. The molecule has 0 saturated carbocycles. The molecular weight excluding hydrogens is 222 g/mol. The van der Waals surface area contributed by atoms with E-state index in [1.165, 1.54) is 0 Å². The molecule has 1 heterocycles. The molecular formula is C9H20F2N2OS. The first-order valence-electron chi connectivity index (χ1n) is 5.12. The second kappa shape index (κ2) is 9.33. The Bertz CT molecular complexity index is 138. The van der Waals surface area contributed by atoms with E-state index in [4.69, 9.17) is 4.55 Å². The maximum atomic E-state index is 12.1. The van der Waals surface area contributed by atoms with Gasteiger partial charge in [0, 0.05) is 12.2 Å². The normalized spacial score (nSPS) is 19.2. The van der Waals surface area contributed by atoms with Crippen LogP contribution in [0, 0.1) is 0 Å². The quantitative estimate of drug-likeness (QED) is 0.519. The third-order valence-electron chi connectivity index (χ3n) is 1.94. The van der Waals surface area contributed by atoms with Crippen LogP contribution < -0.4 is 10.6 Å². The zero-order chi connectivity index (χ0) is 11.6. The fourth-order valence-electron chi connectivity index (χ4n) is 1.15. The molecule has 0 aliphatic carbocycles. The molecule has 15 heavy (non-hydrogen) atoms. The Morgan fingerprint density at radius 3 is 2.60 bits per heavy atom. The van der Waals surface area contributed by atoms with Crippen molar-refractivity contribution >= 4 is 12.0 Å². The highest BCUT2D eigenvalue weighted by atomic mass is 32.2. The lowest BCUT2D eigenvalue weighted by molar-refractivity contribution is -0.0208. The summed E-state index contributed by atoms with van der Waals surface area (Å²) in [5, 5.41) is 5.60. The van der Waals surface area contributed by atoms with Crippen LogP contribution in [0.2, 0.25) is 0 Å². The lowest BCUT2D eigenvalue weighted by Crippen LogP contribution is -2.38. The second-order valence-corrected chi connectivity index (χ2v) is 4.09. The molecule has 0 bridgehead atoms. The van der Waals surface area contributed by atoms with Crippen molar-refractivity contribution in [2.75, 3.05) is 32.4 Å². The third-order valence-corrected chi connectivity index (χ3v) is 2.41. The van der Waals surface area contributed by atoms with E-state index in [-0.39, 0.29) is 13.0 Å². The van der Waals surface area contributed by atoms with E-state index in [0.717, 1.165) is 37.3 Å². The standard InChI is InChI=1S/C5H9F2N.C4H11NOS/c6-5(7)2-1-3-8-4-5;1-5-3-2-4-7-6/h8H,1-4H2;5-6H,2-4H2,1H3. The SMILES string of the molecule is CNCCCSO.FC1(F)CCCNC1. The highest BCUT2D eigenvalue weighted by Gasteiger charge is 2.30. The zero-order valence-electron chi connectivity index (χ0n) is 9.06.